The van der Waals surface area contributed by atoms with Crippen molar-refractivity contribution >= 4 is 30.6 Å². The van der Waals surface area contributed by atoms with Crippen LogP contribution in [0.1, 0.15) is 11.1 Å². The Morgan fingerprint density at radius 2 is 1.85 bits per heavy atom. The van der Waals surface area contributed by atoms with Crippen molar-refractivity contribution in [3.8, 4) is 0 Å². The molecule has 2 aromatic rings. The van der Waals surface area contributed by atoms with Gasteiger partial charge in [-0.15, -0.1) is 0 Å². The minimum atomic E-state index is 0.148. The van der Waals surface area contributed by atoms with Gasteiger partial charge in [0.1, 0.15) is 0 Å². The standard InChI is InChI=1S/C12H9Ge/c1-3-9-4-2-6-11-8-13-7-10(5-1)12(9)11/h1-7H,8H2. The van der Waals surface area contributed by atoms with Gasteiger partial charge in [-0.2, -0.15) is 0 Å². The molecular formula is C12H9Ge. The molecule has 0 aliphatic carbocycles. The molecule has 0 N–H and O–H groups in total. The van der Waals surface area contributed by atoms with E-state index in [2.05, 4.69) is 41.3 Å². The molecule has 0 saturated carbocycles. The van der Waals surface area contributed by atoms with Crippen LogP contribution in [-0.2, 0) is 5.25 Å². The van der Waals surface area contributed by atoms with Gasteiger partial charge in [-0.25, -0.2) is 0 Å². The van der Waals surface area contributed by atoms with Gasteiger partial charge in [0.05, 0.1) is 0 Å². The van der Waals surface area contributed by atoms with E-state index in [1.165, 1.54) is 21.6 Å². The molecule has 61 valence electrons. The van der Waals surface area contributed by atoms with Crippen molar-refractivity contribution in [1.29, 1.82) is 0 Å². The van der Waals surface area contributed by atoms with Crippen LogP contribution in [0.3, 0.4) is 0 Å². The second-order valence-electron chi connectivity index (χ2n) is 3.39. The van der Waals surface area contributed by atoms with Gasteiger partial charge in [0.2, 0.25) is 0 Å². The van der Waals surface area contributed by atoms with Crippen molar-refractivity contribution in [2.75, 3.05) is 0 Å². The van der Waals surface area contributed by atoms with Gasteiger partial charge in [0.15, 0.2) is 0 Å². The second-order valence-corrected chi connectivity index (χ2v) is 5.59. The van der Waals surface area contributed by atoms with Crippen molar-refractivity contribution in [1.82, 2.24) is 0 Å². The summed E-state index contributed by atoms with van der Waals surface area (Å²) in [6.07, 6.45) is 0. The molecule has 1 heteroatoms. The van der Waals surface area contributed by atoms with Crippen molar-refractivity contribution in [3.05, 3.63) is 47.5 Å². The predicted molar refractivity (Wildman–Crippen MR) is 58.6 cm³/mol. The summed E-state index contributed by atoms with van der Waals surface area (Å²) in [4.78, 5) is 2.47. The molecule has 0 nitrogen and oxygen atoms in total. The first-order valence-corrected chi connectivity index (χ1v) is 7.22. The zero-order valence-electron chi connectivity index (χ0n) is 7.25. The van der Waals surface area contributed by atoms with Gasteiger partial charge in [-0.3, -0.25) is 0 Å². The first kappa shape index (κ1) is 7.51. The van der Waals surface area contributed by atoms with Gasteiger partial charge < -0.3 is 0 Å². The Hall–Kier alpha value is -0.887. The molecule has 1 aliphatic heterocycles. The minimum absolute atomic E-state index is 0.148. The molecule has 1 heterocycles. The van der Waals surface area contributed by atoms with E-state index in [4.69, 9.17) is 0 Å². The first-order valence-electron chi connectivity index (χ1n) is 4.52. The van der Waals surface area contributed by atoms with Gasteiger partial charge in [-0.05, 0) is 0 Å². The molecule has 2 aromatic carbocycles. The van der Waals surface area contributed by atoms with Crippen LogP contribution in [-0.4, -0.2) is 19.8 Å². The summed E-state index contributed by atoms with van der Waals surface area (Å²) in [5, 5.41) is 4.23. The van der Waals surface area contributed by atoms with Crippen LogP contribution in [0.5, 0.6) is 0 Å². The summed E-state index contributed by atoms with van der Waals surface area (Å²) in [7, 11) is 0. The molecule has 0 unspecified atom stereocenters. The number of rotatable bonds is 0. The Balaban J connectivity index is 2.56. The van der Waals surface area contributed by atoms with E-state index in [0.717, 1.165) is 0 Å². The van der Waals surface area contributed by atoms with Gasteiger partial charge in [0.25, 0.3) is 0 Å². The van der Waals surface area contributed by atoms with Crippen LogP contribution >= 0.6 is 0 Å². The number of hydrogen-bond acceptors (Lipinski definition) is 0. The van der Waals surface area contributed by atoms with Crippen molar-refractivity contribution < 1.29 is 0 Å². The van der Waals surface area contributed by atoms with Crippen LogP contribution in [0, 0.1) is 0 Å². The topological polar surface area (TPSA) is 0 Å². The molecule has 0 spiro atoms. The number of hydrogen-bond donors (Lipinski definition) is 0. The van der Waals surface area contributed by atoms with Gasteiger partial charge in [-0.1, -0.05) is 0 Å². The summed E-state index contributed by atoms with van der Waals surface area (Å²) in [5.41, 5.74) is 3.04. The third kappa shape index (κ3) is 1.09. The predicted octanol–water partition coefficient (Wildman–Crippen LogP) is 2.21. The third-order valence-electron chi connectivity index (χ3n) is 2.57. The zero-order valence-corrected chi connectivity index (χ0v) is 9.35. The molecule has 13 heavy (non-hydrogen) atoms. The fourth-order valence-electron chi connectivity index (χ4n) is 1.99. The fourth-order valence-corrected chi connectivity index (χ4v) is 4.25. The molecule has 0 saturated heterocycles. The Labute approximate surface area is 83.6 Å². The van der Waals surface area contributed by atoms with Crippen LogP contribution in [0.25, 0.3) is 10.8 Å². The SMILES string of the molecule is [CH]1=[Ge][CH2]c2cccc3cccc1c23. The van der Waals surface area contributed by atoms with Crippen molar-refractivity contribution in [3.63, 3.8) is 0 Å². The van der Waals surface area contributed by atoms with E-state index in [-0.39, 0.29) is 15.0 Å². The Morgan fingerprint density at radius 3 is 2.77 bits per heavy atom. The van der Waals surface area contributed by atoms with E-state index >= 15 is 0 Å². The number of benzene rings is 2. The van der Waals surface area contributed by atoms with E-state index in [1.54, 1.807) is 5.56 Å². The van der Waals surface area contributed by atoms with Gasteiger partial charge >= 0.3 is 83.4 Å². The molecule has 0 fully saturated rings. The van der Waals surface area contributed by atoms with Crippen molar-refractivity contribution in [2.24, 2.45) is 0 Å². The monoisotopic (exact) mass is 227 g/mol. The zero-order chi connectivity index (χ0) is 8.67. The molecular weight excluding hydrogens is 217 g/mol. The summed E-state index contributed by atoms with van der Waals surface area (Å²) in [5.74, 6) is 0. The third-order valence-corrected chi connectivity index (χ3v) is 4.88. The van der Waals surface area contributed by atoms with E-state index in [9.17, 15) is 0 Å². The molecule has 0 amide bonds. The van der Waals surface area contributed by atoms with E-state index in [0.29, 0.717) is 0 Å². The molecule has 1 aliphatic rings. The first-order chi connectivity index (χ1) is 6.45. The summed E-state index contributed by atoms with van der Waals surface area (Å²) < 4.78 is 0. The molecule has 3 rings (SSSR count). The summed E-state index contributed by atoms with van der Waals surface area (Å²) >= 11 is 0.148. The fraction of sp³-hybridized carbons (Fsp3) is 0.0833. The Kier molecular flexibility index (Phi) is 1.62. The Morgan fingerprint density at radius 1 is 1.00 bits per heavy atom. The molecule has 0 aromatic heterocycles. The summed E-state index contributed by atoms with van der Waals surface area (Å²) in [6.45, 7) is 0. The Bertz CT molecular complexity index is 492. The maximum absolute atomic E-state index is 2.47. The average Bonchev–Trinajstić information content (AvgIpc) is 2.19. The van der Waals surface area contributed by atoms with Crippen LogP contribution < -0.4 is 0 Å². The summed E-state index contributed by atoms with van der Waals surface area (Å²) in [6, 6.07) is 13.3. The van der Waals surface area contributed by atoms with Gasteiger partial charge in [0, 0.05) is 0 Å². The maximum atomic E-state index is 2.47. The normalized spacial score (nSPS) is 13.5. The van der Waals surface area contributed by atoms with E-state index < -0.39 is 0 Å². The van der Waals surface area contributed by atoms with E-state index in [1.807, 2.05) is 0 Å². The van der Waals surface area contributed by atoms with Crippen LogP contribution in [0.15, 0.2) is 36.4 Å². The van der Waals surface area contributed by atoms with Crippen molar-refractivity contribution in [2.45, 2.75) is 5.25 Å². The molecule has 0 atom stereocenters. The second kappa shape index (κ2) is 2.81. The average molecular weight is 226 g/mol. The molecule has 0 bridgehead atoms. The van der Waals surface area contributed by atoms with Crippen LogP contribution in [0.4, 0.5) is 0 Å². The molecule has 1 radical (unpaired) electrons. The quantitative estimate of drug-likeness (QED) is 0.604. The van der Waals surface area contributed by atoms with Crippen LogP contribution in [0.2, 0.25) is 0 Å².